The molecule has 1 aliphatic heterocycles. The summed E-state index contributed by atoms with van der Waals surface area (Å²) < 4.78 is 10.7. The maximum absolute atomic E-state index is 13.3. The summed E-state index contributed by atoms with van der Waals surface area (Å²) in [4.78, 5) is 30.1. The zero-order valence-electron chi connectivity index (χ0n) is 20.8. The van der Waals surface area contributed by atoms with Crippen LogP contribution in [0.1, 0.15) is 56.7 Å². The van der Waals surface area contributed by atoms with Gasteiger partial charge in [-0.05, 0) is 43.0 Å². The number of carbonyl (C=O) groups is 2. The number of amides is 3. The predicted molar refractivity (Wildman–Crippen MR) is 135 cm³/mol. The van der Waals surface area contributed by atoms with E-state index in [1.807, 2.05) is 17.0 Å². The average molecular weight is 468 g/mol. The number of unbranched alkanes of at least 4 members (excludes halogenated alkanes) is 3. The lowest BCUT2D eigenvalue weighted by Gasteiger charge is -2.36. The van der Waals surface area contributed by atoms with E-state index in [0.717, 1.165) is 32.1 Å². The van der Waals surface area contributed by atoms with Gasteiger partial charge in [-0.15, -0.1) is 0 Å². The molecule has 1 atom stereocenters. The number of anilines is 1. The summed E-state index contributed by atoms with van der Waals surface area (Å²) >= 11 is 0. The van der Waals surface area contributed by atoms with Gasteiger partial charge in [0.05, 0.1) is 25.9 Å². The SMILES string of the molecule is CCCCCCN(CC(=O)N1CCc2ccccc2C1C)C(=O)Nc1ccc(OC)cc1OC. The van der Waals surface area contributed by atoms with E-state index >= 15 is 0 Å². The molecular formula is C27H37N3O4. The largest absolute Gasteiger partial charge is 0.497 e. The lowest BCUT2D eigenvalue weighted by Crippen LogP contribution is -2.47. The Hall–Kier alpha value is -3.22. The van der Waals surface area contributed by atoms with Gasteiger partial charge < -0.3 is 24.6 Å². The fourth-order valence-electron chi connectivity index (χ4n) is 4.44. The Bertz CT molecular complexity index is 978. The summed E-state index contributed by atoms with van der Waals surface area (Å²) in [6.45, 7) is 5.44. The third-order valence-electron chi connectivity index (χ3n) is 6.46. The van der Waals surface area contributed by atoms with Gasteiger partial charge in [0.25, 0.3) is 0 Å². The van der Waals surface area contributed by atoms with E-state index in [0.29, 0.717) is 30.3 Å². The molecule has 0 spiro atoms. The number of ether oxygens (including phenoxy) is 2. The first-order valence-electron chi connectivity index (χ1n) is 12.1. The fraction of sp³-hybridized carbons (Fsp3) is 0.481. The number of urea groups is 1. The molecule has 184 valence electrons. The zero-order valence-corrected chi connectivity index (χ0v) is 20.8. The maximum atomic E-state index is 13.3. The molecule has 2 aromatic rings. The third-order valence-corrected chi connectivity index (χ3v) is 6.46. The van der Waals surface area contributed by atoms with E-state index in [-0.39, 0.29) is 24.5 Å². The summed E-state index contributed by atoms with van der Waals surface area (Å²) in [5, 5.41) is 2.92. The lowest BCUT2D eigenvalue weighted by atomic mass is 9.93. The standard InChI is InChI=1S/C27H37N3O4/c1-5-6-7-10-16-29(27(32)28-24-14-13-22(33-3)18-25(24)34-4)19-26(31)30-17-15-21-11-8-9-12-23(21)20(30)2/h8-9,11-14,18,20H,5-7,10,15-17,19H2,1-4H3,(H,28,32). The van der Waals surface area contributed by atoms with Crippen LogP contribution in [0.5, 0.6) is 11.5 Å². The molecule has 1 heterocycles. The summed E-state index contributed by atoms with van der Waals surface area (Å²) in [6.07, 6.45) is 4.92. The van der Waals surface area contributed by atoms with Crippen molar-refractivity contribution in [1.82, 2.24) is 9.80 Å². The van der Waals surface area contributed by atoms with Crippen LogP contribution in [0.25, 0.3) is 0 Å². The lowest BCUT2D eigenvalue weighted by molar-refractivity contribution is -0.134. The van der Waals surface area contributed by atoms with E-state index in [9.17, 15) is 9.59 Å². The predicted octanol–water partition coefficient (Wildman–Crippen LogP) is 5.26. The quantitative estimate of drug-likeness (QED) is 0.484. The molecule has 0 aliphatic carbocycles. The van der Waals surface area contributed by atoms with Gasteiger partial charge in [0, 0.05) is 19.2 Å². The molecule has 1 unspecified atom stereocenters. The van der Waals surface area contributed by atoms with Gasteiger partial charge in [-0.2, -0.15) is 0 Å². The molecule has 0 aromatic heterocycles. The number of carbonyl (C=O) groups excluding carboxylic acids is 2. The van der Waals surface area contributed by atoms with Gasteiger partial charge >= 0.3 is 6.03 Å². The topological polar surface area (TPSA) is 71.1 Å². The highest BCUT2D eigenvalue weighted by Gasteiger charge is 2.29. The molecular weight excluding hydrogens is 430 g/mol. The molecule has 1 N–H and O–H groups in total. The van der Waals surface area contributed by atoms with Gasteiger partial charge in [-0.1, -0.05) is 50.5 Å². The van der Waals surface area contributed by atoms with E-state index in [2.05, 4.69) is 31.3 Å². The first kappa shape index (κ1) is 25.4. The van der Waals surface area contributed by atoms with E-state index in [4.69, 9.17) is 9.47 Å². The maximum Gasteiger partial charge on any atom is 0.322 e. The number of nitrogens with zero attached hydrogens (tertiary/aromatic N) is 2. The second-order valence-corrected chi connectivity index (χ2v) is 8.69. The van der Waals surface area contributed by atoms with Crippen LogP contribution in [0, 0.1) is 0 Å². The van der Waals surface area contributed by atoms with Crippen LogP contribution in [0.15, 0.2) is 42.5 Å². The highest BCUT2D eigenvalue weighted by atomic mass is 16.5. The number of hydrogen-bond donors (Lipinski definition) is 1. The second-order valence-electron chi connectivity index (χ2n) is 8.69. The van der Waals surface area contributed by atoms with E-state index in [1.54, 1.807) is 37.3 Å². The minimum atomic E-state index is -0.307. The minimum Gasteiger partial charge on any atom is -0.497 e. The van der Waals surface area contributed by atoms with Crippen molar-refractivity contribution in [1.29, 1.82) is 0 Å². The summed E-state index contributed by atoms with van der Waals surface area (Å²) in [6, 6.07) is 13.2. The van der Waals surface area contributed by atoms with Crippen molar-refractivity contribution in [2.75, 3.05) is 39.2 Å². The average Bonchev–Trinajstić information content (AvgIpc) is 2.86. The molecule has 7 nitrogen and oxygen atoms in total. The Balaban J connectivity index is 1.72. The molecule has 3 amide bonds. The molecule has 0 saturated carbocycles. The molecule has 0 fully saturated rings. The molecule has 2 aromatic carbocycles. The van der Waals surface area contributed by atoms with Crippen LogP contribution in [0.4, 0.5) is 10.5 Å². The normalized spacial score (nSPS) is 14.8. The molecule has 0 radical (unpaired) electrons. The minimum absolute atomic E-state index is 0.0101. The van der Waals surface area contributed by atoms with Crippen molar-refractivity contribution in [3.05, 3.63) is 53.6 Å². The highest BCUT2D eigenvalue weighted by molar-refractivity contribution is 5.93. The zero-order chi connectivity index (χ0) is 24.5. The first-order valence-corrected chi connectivity index (χ1v) is 12.1. The number of benzene rings is 2. The van der Waals surface area contributed by atoms with Crippen molar-refractivity contribution in [3.63, 3.8) is 0 Å². The van der Waals surface area contributed by atoms with Crippen LogP contribution in [0.3, 0.4) is 0 Å². The molecule has 0 bridgehead atoms. The monoisotopic (exact) mass is 467 g/mol. The summed E-state index contributed by atoms with van der Waals surface area (Å²) in [7, 11) is 3.13. The van der Waals surface area contributed by atoms with Gasteiger partial charge in [-0.25, -0.2) is 4.79 Å². The smallest absolute Gasteiger partial charge is 0.322 e. The highest BCUT2D eigenvalue weighted by Crippen LogP contribution is 2.30. The van der Waals surface area contributed by atoms with Crippen LogP contribution in [0.2, 0.25) is 0 Å². The number of rotatable bonds is 10. The van der Waals surface area contributed by atoms with Crippen molar-refractivity contribution < 1.29 is 19.1 Å². The van der Waals surface area contributed by atoms with Crippen molar-refractivity contribution >= 4 is 17.6 Å². The van der Waals surface area contributed by atoms with Crippen LogP contribution in [-0.4, -0.2) is 55.6 Å². The number of nitrogens with one attached hydrogen (secondary N) is 1. The molecule has 3 rings (SSSR count). The Morgan fingerprint density at radius 1 is 1.09 bits per heavy atom. The number of methoxy groups -OCH3 is 2. The van der Waals surface area contributed by atoms with Gasteiger partial charge in [0.15, 0.2) is 0 Å². The van der Waals surface area contributed by atoms with E-state index in [1.165, 1.54) is 11.1 Å². The Morgan fingerprint density at radius 2 is 1.88 bits per heavy atom. The van der Waals surface area contributed by atoms with Gasteiger partial charge in [0.1, 0.15) is 18.0 Å². The molecule has 34 heavy (non-hydrogen) atoms. The Kier molecular flexibility index (Phi) is 9.19. The van der Waals surface area contributed by atoms with Crippen LogP contribution >= 0.6 is 0 Å². The van der Waals surface area contributed by atoms with E-state index < -0.39 is 0 Å². The summed E-state index contributed by atoms with van der Waals surface area (Å²) in [5.41, 5.74) is 3.02. The summed E-state index contributed by atoms with van der Waals surface area (Å²) in [5.74, 6) is 1.11. The molecule has 1 aliphatic rings. The third kappa shape index (κ3) is 6.22. The van der Waals surface area contributed by atoms with Crippen molar-refractivity contribution in [2.24, 2.45) is 0 Å². The second kappa shape index (κ2) is 12.3. The van der Waals surface area contributed by atoms with Crippen LogP contribution in [-0.2, 0) is 11.2 Å². The Labute approximate surface area is 203 Å². The fourth-order valence-corrected chi connectivity index (χ4v) is 4.44. The first-order chi connectivity index (χ1) is 16.5. The van der Waals surface area contributed by atoms with Gasteiger partial charge in [-0.3, -0.25) is 4.79 Å². The van der Waals surface area contributed by atoms with Gasteiger partial charge in [0.2, 0.25) is 5.91 Å². The molecule has 7 heteroatoms. The van der Waals surface area contributed by atoms with Crippen molar-refractivity contribution in [3.8, 4) is 11.5 Å². The van der Waals surface area contributed by atoms with Crippen LogP contribution < -0.4 is 14.8 Å². The molecule has 0 saturated heterocycles. The van der Waals surface area contributed by atoms with Crippen molar-refractivity contribution in [2.45, 2.75) is 52.0 Å². The number of fused-ring (bicyclic) bond motifs is 1. The number of hydrogen-bond acceptors (Lipinski definition) is 4. The Morgan fingerprint density at radius 3 is 2.62 bits per heavy atom.